The standard InChI is InChI=1S/C13H16Cl2N2O/c14-7-9-3-1-2-4-11(9)17-13(18)12-6-5-10(15)8-16-12/h5-6,8-9,11H,1-4,7H2,(H,17,18). The number of nitrogens with one attached hydrogen (secondary N) is 1. The highest BCUT2D eigenvalue weighted by Crippen LogP contribution is 2.25. The molecule has 1 aliphatic rings. The van der Waals surface area contributed by atoms with Crippen LogP contribution in [0.1, 0.15) is 36.2 Å². The summed E-state index contributed by atoms with van der Waals surface area (Å²) >= 11 is 11.7. The molecule has 1 aliphatic carbocycles. The van der Waals surface area contributed by atoms with E-state index in [4.69, 9.17) is 23.2 Å². The fraction of sp³-hybridized carbons (Fsp3) is 0.538. The van der Waals surface area contributed by atoms with Crippen molar-refractivity contribution in [2.75, 3.05) is 5.88 Å². The molecule has 2 unspecified atom stereocenters. The van der Waals surface area contributed by atoms with Crippen molar-refractivity contribution in [1.29, 1.82) is 0 Å². The van der Waals surface area contributed by atoms with Crippen molar-refractivity contribution in [2.24, 2.45) is 5.92 Å². The quantitative estimate of drug-likeness (QED) is 0.867. The molecule has 1 fully saturated rings. The molecule has 0 bridgehead atoms. The number of carbonyl (C=O) groups is 1. The predicted octanol–water partition coefficient (Wildman–Crippen LogP) is 3.26. The fourth-order valence-corrected chi connectivity index (χ4v) is 2.82. The van der Waals surface area contributed by atoms with Gasteiger partial charge >= 0.3 is 0 Å². The average molecular weight is 287 g/mol. The van der Waals surface area contributed by atoms with Crippen LogP contribution in [0.15, 0.2) is 18.3 Å². The van der Waals surface area contributed by atoms with Gasteiger partial charge in [0, 0.05) is 18.1 Å². The lowest BCUT2D eigenvalue weighted by Crippen LogP contribution is -2.43. The molecule has 0 spiro atoms. The Morgan fingerprint density at radius 1 is 1.39 bits per heavy atom. The van der Waals surface area contributed by atoms with Gasteiger partial charge in [0.2, 0.25) is 0 Å². The van der Waals surface area contributed by atoms with Gasteiger partial charge in [-0.25, -0.2) is 4.98 Å². The van der Waals surface area contributed by atoms with Gasteiger partial charge < -0.3 is 5.32 Å². The van der Waals surface area contributed by atoms with Gasteiger partial charge in [-0.15, -0.1) is 11.6 Å². The third kappa shape index (κ3) is 3.36. The lowest BCUT2D eigenvalue weighted by atomic mass is 9.85. The summed E-state index contributed by atoms with van der Waals surface area (Å²) < 4.78 is 0. The third-order valence-corrected chi connectivity index (χ3v) is 4.00. The van der Waals surface area contributed by atoms with Crippen molar-refractivity contribution in [2.45, 2.75) is 31.7 Å². The van der Waals surface area contributed by atoms with E-state index in [-0.39, 0.29) is 11.9 Å². The van der Waals surface area contributed by atoms with Crippen LogP contribution in [0.4, 0.5) is 0 Å². The van der Waals surface area contributed by atoms with E-state index in [1.807, 2.05) is 0 Å². The Bertz CT molecular complexity index is 408. The summed E-state index contributed by atoms with van der Waals surface area (Å²) in [5.41, 5.74) is 0.401. The van der Waals surface area contributed by atoms with Crippen molar-refractivity contribution in [1.82, 2.24) is 10.3 Å². The number of hydrogen-bond acceptors (Lipinski definition) is 2. The van der Waals surface area contributed by atoms with Crippen LogP contribution in [0.3, 0.4) is 0 Å². The van der Waals surface area contributed by atoms with Crippen LogP contribution in [0.25, 0.3) is 0 Å². The van der Waals surface area contributed by atoms with E-state index < -0.39 is 0 Å². The topological polar surface area (TPSA) is 42.0 Å². The highest BCUT2D eigenvalue weighted by molar-refractivity contribution is 6.30. The van der Waals surface area contributed by atoms with E-state index in [0.717, 1.165) is 19.3 Å². The molecule has 1 heterocycles. The minimum absolute atomic E-state index is 0.145. The summed E-state index contributed by atoms with van der Waals surface area (Å²) in [7, 11) is 0. The van der Waals surface area contributed by atoms with Crippen LogP contribution in [0.5, 0.6) is 0 Å². The number of amides is 1. The Balaban J connectivity index is 1.99. The fourth-order valence-electron chi connectivity index (χ4n) is 2.33. The van der Waals surface area contributed by atoms with Crippen molar-refractivity contribution in [3.05, 3.63) is 29.0 Å². The van der Waals surface area contributed by atoms with Crippen LogP contribution in [-0.4, -0.2) is 22.8 Å². The molecule has 1 N–H and O–H groups in total. The summed E-state index contributed by atoms with van der Waals surface area (Å²) in [6.45, 7) is 0. The largest absolute Gasteiger partial charge is 0.348 e. The zero-order valence-electron chi connectivity index (χ0n) is 10.0. The molecule has 0 saturated heterocycles. The van der Waals surface area contributed by atoms with Gasteiger partial charge in [-0.3, -0.25) is 4.79 Å². The number of aromatic nitrogens is 1. The summed E-state index contributed by atoms with van der Waals surface area (Å²) in [4.78, 5) is 16.0. The Morgan fingerprint density at radius 2 is 2.17 bits per heavy atom. The number of nitrogens with zero attached hydrogens (tertiary/aromatic N) is 1. The van der Waals surface area contributed by atoms with E-state index in [1.54, 1.807) is 12.1 Å². The van der Waals surface area contributed by atoms with E-state index in [9.17, 15) is 4.79 Å². The first kappa shape index (κ1) is 13.6. The molecule has 0 aliphatic heterocycles. The molecule has 1 amide bonds. The van der Waals surface area contributed by atoms with E-state index in [0.29, 0.717) is 22.5 Å². The molecule has 2 atom stereocenters. The first-order valence-electron chi connectivity index (χ1n) is 6.19. The van der Waals surface area contributed by atoms with Gasteiger partial charge in [0.1, 0.15) is 5.69 Å². The monoisotopic (exact) mass is 286 g/mol. The average Bonchev–Trinajstić information content (AvgIpc) is 2.40. The lowest BCUT2D eigenvalue weighted by Gasteiger charge is -2.30. The molecule has 5 heteroatoms. The Labute approximate surface area is 117 Å². The molecule has 2 rings (SSSR count). The number of hydrogen-bond donors (Lipinski definition) is 1. The van der Waals surface area contributed by atoms with Crippen molar-refractivity contribution < 1.29 is 4.79 Å². The number of halogens is 2. The first-order valence-corrected chi connectivity index (χ1v) is 7.10. The smallest absolute Gasteiger partial charge is 0.270 e. The van der Waals surface area contributed by atoms with Crippen molar-refractivity contribution in [3.8, 4) is 0 Å². The summed E-state index contributed by atoms with van der Waals surface area (Å²) in [6, 6.07) is 3.47. The number of carbonyl (C=O) groups excluding carboxylic acids is 1. The van der Waals surface area contributed by atoms with Crippen LogP contribution < -0.4 is 5.32 Å². The maximum atomic E-state index is 12.0. The molecule has 1 saturated carbocycles. The van der Waals surface area contributed by atoms with E-state index in [2.05, 4.69) is 10.3 Å². The van der Waals surface area contributed by atoms with Crippen LogP contribution in [-0.2, 0) is 0 Å². The zero-order chi connectivity index (χ0) is 13.0. The number of alkyl halides is 1. The Morgan fingerprint density at radius 3 is 2.83 bits per heavy atom. The Kier molecular flexibility index (Phi) is 4.84. The van der Waals surface area contributed by atoms with Gasteiger partial charge in [0.25, 0.3) is 5.91 Å². The highest BCUT2D eigenvalue weighted by atomic mass is 35.5. The normalized spacial score (nSPS) is 23.7. The molecule has 98 valence electrons. The van der Waals surface area contributed by atoms with Gasteiger partial charge in [0.15, 0.2) is 0 Å². The minimum Gasteiger partial charge on any atom is -0.348 e. The number of rotatable bonds is 3. The van der Waals surface area contributed by atoms with Crippen molar-refractivity contribution in [3.63, 3.8) is 0 Å². The van der Waals surface area contributed by atoms with Gasteiger partial charge in [-0.05, 0) is 30.9 Å². The molecule has 1 aromatic rings. The molecule has 1 aromatic heterocycles. The maximum Gasteiger partial charge on any atom is 0.270 e. The van der Waals surface area contributed by atoms with Crippen LogP contribution >= 0.6 is 23.2 Å². The lowest BCUT2D eigenvalue weighted by molar-refractivity contribution is 0.0906. The number of pyridine rings is 1. The summed E-state index contributed by atoms with van der Waals surface area (Å²) in [5, 5.41) is 3.56. The maximum absolute atomic E-state index is 12.0. The molecule has 18 heavy (non-hydrogen) atoms. The molecule has 0 radical (unpaired) electrons. The molecule has 3 nitrogen and oxygen atoms in total. The summed E-state index contributed by atoms with van der Waals surface area (Å²) in [6.07, 6.45) is 5.91. The molecular formula is C13H16Cl2N2O. The van der Waals surface area contributed by atoms with Gasteiger partial charge in [-0.2, -0.15) is 0 Å². The molecule has 0 aromatic carbocycles. The minimum atomic E-state index is -0.145. The third-order valence-electron chi connectivity index (χ3n) is 3.38. The first-order chi connectivity index (χ1) is 8.70. The molecular weight excluding hydrogens is 271 g/mol. The predicted molar refractivity (Wildman–Crippen MR) is 73.2 cm³/mol. The second-order valence-electron chi connectivity index (χ2n) is 4.64. The Hall–Kier alpha value is -0.800. The van der Waals surface area contributed by atoms with E-state index >= 15 is 0 Å². The van der Waals surface area contributed by atoms with Gasteiger partial charge in [-0.1, -0.05) is 24.4 Å². The van der Waals surface area contributed by atoms with Crippen LogP contribution in [0, 0.1) is 5.92 Å². The second-order valence-corrected chi connectivity index (χ2v) is 5.39. The SMILES string of the molecule is O=C(NC1CCCCC1CCl)c1ccc(Cl)cn1. The van der Waals surface area contributed by atoms with E-state index in [1.165, 1.54) is 12.6 Å². The highest BCUT2D eigenvalue weighted by Gasteiger charge is 2.26. The summed E-state index contributed by atoms with van der Waals surface area (Å²) in [5.74, 6) is 0.823. The zero-order valence-corrected chi connectivity index (χ0v) is 11.5. The van der Waals surface area contributed by atoms with Crippen molar-refractivity contribution >= 4 is 29.1 Å². The van der Waals surface area contributed by atoms with Gasteiger partial charge in [0.05, 0.1) is 5.02 Å². The second kappa shape index (κ2) is 6.39. The van der Waals surface area contributed by atoms with Crippen LogP contribution in [0.2, 0.25) is 5.02 Å².